The largest absolute Gasteiger partial charge is 0.444 e. The molecule has 1 saturated heterocycles. The molecular weight excluding hydrogens is 560 g/mol. The summed E-state index contributed by atoms with van der Waals surface area (Å²) in [5.74, 6) is -0.847. The fourth-order valence-electron chi connectivity index (χ4n) is 4.22. The zero-order valence-corrected chi connectivity index (χ0v) is 26.8. The number of sulfonamides is 1. The van der Waals surface area contributed by atoms with Gasteiger partial charge in [0.15, 0.2) is 0 Å². The van der Waals surface area contributed by atoms with Crippen molar-refractivity contribution >= 4 is 47.1 Å². The molecule has 13 heteroatoms. The molecule has 0 aliphatic carbocycles. The average molecular weight is 601 g/mol. The number of aromatic nitrogens is 1. The second-order valence-electron chi connectivity index (χ2n) is 12.1. The summed E-state index contributed by atoms with van der Waals surface area (Å²) in [6, 6.07) is 3.44. The molecule has 0 N–H and O–H groups in total. The molecule has 1 fully saturated rings. The number of benzene rings is 1. The summed E-state index contributed by atoms with van der Waals surface area (Å²) in [4.78, 5) is 15.6. The van der Waals surface area contributed by atoms with Gasteiger partial charge in [-0.25, -0.2) is 21.9 Å². The molecule has 0 saturated carbocycles. The van der Waals surface area contributed by atoms with Crippen molar-refractivity contribution in [3.05, 3.63) is 35.1 Å². The van der Waals surface area contributed by atoms with Gasteiger partial charge in [0.2, 0.25) is 0 Å². The lowest BCUT2D eigenvalue weighted by Crippen LogP contribution is -2.39. The fourth-order valence-corrected chi connectivity index (χ4v) is 7.03. The van der Waals surface area contributed by atoms with Crippen molar-refractivity contribution in [3.63, 3.8) is 0 Å². The van der Waals surface area contributed by atoms with Crippen LogP contribution < -0.4 is 9.21 Å². The van der Waals surface area contributed by atoms with Crippen molar-refractivity contribution < 1.29 is 27.1 Å². The van der Waals surface area contributed by atoms with Crippen molar-refractivity contribution in [1.29, 1.82) is 0 Å². The van der Waals surface area contributed by atoms with E-state index in [1.165, 1.54) is 18.3 Å². The van der Waals surface area contributed by atoms with Crippen LogP contribution in [0.3, 0.4) is 0 Å². The minimum Gasteiger partial charge on any atom is -0.444 e. The highest BCUT2D eigenvalue weighted by Crippen LogP contribution is 2.32. The normalized spacial score (nSPS) is 16.4. The monoisotopic (exact) mass is 600 g/mol. The lowest BCUT2D eigenvalue weighted by atomic mass is 10.1. The standard InChI is InChI=1S/C26H41FN4O5S2Si/c1-19-13-24(38(33,34)31(21-15-28-37-17-21)18-35-11-12-39(6,7)8)22(27)14-23(19)29(5)20-9-10-30(16-20)25(32)36-26(2,3)4/h13-15,17,20H,9-12,16,18H2,1-8H3/t20-/m0/s1. The molecule has 1 aliphatic rings. The zero-order valence-electron chi connectivity index (χ0n) is 24.2. The van der Waals surface area contributed by atoms with Crippen LogP contribution in [0.2, 0.25) is 25.7 Å². The summed E-state index contributed by atoms with van der Waals surface area (Å²) >= 11 is 1.11. The number of rotatable bonds is 10. The highest BCUT2D eigenvalue weighted by molar-refractivity contribution is 7.92. The maximum Gasteiger partial charge on any atom is 0.410 e. The molecule has 2 heterocycles. The summed E-state index contributed by atoms with van der Waals surface area (Å²) in [5, 5.41) is 1.60. The summed E-state index contributed by atoms with van der Waals surface area (Å²) in [6.07, 6.45) is 1.75. The topological polar surface area (TPSA) is 92.3 Å². The fraction of sp³-hybridized carbons (Fsp3) is 0.615. The average Bonchev–Trinajstić information content (AvgIpc) is 3.50. The molecule has 0 unspecified atom stereocenters. The summed E-state index contributed by atoms with van der Waals surface area (Å²) in [7, 11) is -3.81. The van der Waals surface area contributed by atoms with E-state index in [2.05, 4.69) is 24.0 Å². The smallest absolute Gasteiger partial charge is 0.410 e. The van der Waals surface area contributed by atoms with Crippen LogP contribution in [0.25, 0.3) is 0 Å². The van der Waals surface area contributed by atoms with Gasteiger partial charge in [0.1, 0.15) is 23.0 Å². The van der Waals surface area contributed by atoms with E-state index in [4.69, 9.17) is 9.47 Å². The molecule has 2 aromatic rings. The van der Waals surface area contributed by atoms with Crippen LogP contribution >= 0.6 is 11.5 Å². The first-order valence-electron chi connectivity index (χ1n) is 13.0. The maximum absolute atomic E-state index is 15.5. The lowest BCUT2D eigenvalue weighted by Gasteiger charge is -2.30. The lowest BCUT2D eigenvalue weighted by molar-refractivity contribution is 0.0292. The third-order valence-electron chi connectivity index (χ3n) is 6.47. The summed E-state index contributed by atoms with van der Waals surface area (Å²) in [6.45, 7) is 15.0. The number of likely N-dealkylation sites (tertiary alicyclic amines) is 1. The van der Waals surface area contributed by atoms with Crippen molar-refractivity contribution in [2.75, 3.05) is 42.7 Å². The number of ether oxygens (including phenoxy) is 2. The van der Waals surface area contributed by atoms with E-state index in [1.54, 1.807) is 17.2 Å². The van der Waals surface area contributed by atoms with E-state index in [9.17, 15) is 13.2 Å². The van der Waals surface area contributed by atoms with E-state index >= 15 is 4.39 Å². The first kappa shape index (κ1) is 31.3. The van der Waals surface area contributed by atoms with E-state index in [0.717, 1.165) is 21.9 Å². The Morgan fingerprint density at radius 2 is 1.97 bits per heavy atom. The zero-order chi connectivity index (χ0) is 29.2. The van der Waals surface area contributed by atoms with Gasteiger partial charge in [0.05, 0.1) is 11.9 Å². The van der Waals surface area contributed by atoms with Gasteiger partial charge in [0.25, 0.3) is 10.0 Å². The van der Waals surface area contributed by atoms with E-state index < -0.39 is 34.4 Å². The van der Waals surface area contributed by atoms with E-state index in [-0.39, 0.29) is 18.9 Å². The number of anilines is 2. The van der Waals surface area contributed by atoms with Crippen LogP contribution in [-0.2, 0) is 19.5 Å². The molecular formula is C26H41FN4O5S2Si. The summed E-state index contributed by atoms with van der Waals surface area (Å²) < 4.78 is 59.2. The first-order valence-corrected chi connectivity index (χ1v) is 19.0. The van der Waals surface area contributed by atoms with E-state index in [0.29, 0.717) is 43.1 Å². The molecule has 0 bridgehead atoms. The van der Waals surface area contributed by atoms with Crippen molar-refractivity contribution in [2.45, 2.75) is 76.3 Å². The highest BCUT2D eigenvalue weighted by atomic mass is 32.2. The Kier molecular flexibility index (Phi) is 9.72. The van der Waals surface area contributed by atoms with Crippen LogP contribution in [0.1, 0.15) is 32.8 Å². The third kappa shape index (κ3) is 8.15. The highest BCUT2D eigenvalue weighted by Gasteiger charge is 2.34. The number of halogens is 1. The molecule has 1 aliphatic heterocycles. The molecule has 1 amide bonds. The molecule has 3 rings (SSSR count). The molecule has 39 heavy (non-hydrogen) atoms. The van der Waals surface area contributed by atoms with Gasteiger partial charge >= 0.3 is 6.09 Å². The number of aryl methyl sites for hydroxylation is 1. The number of hydrogen-bond donors (Lipinski definition) is 0. The number of hydrogen-bond acceptors (Lipinski definition) is 8. The maximum atomic E-state index is 15.5. The second kappa shape index (κ2) is 12.1. The van der Waals surface area contributed by atoms with Gasteiger partial charge in [-0.05, 0) is 69.4 Å². The minimum atomic E-state index is -4.27. The van der Waals surface area contributed by atoms with Gasteiger partial charge in [-0.2, -0.15) is 4.37 Å². The number of carbonyl (C=O) groups excluding carboxylic acids is 1. The number of nitrogens with zero attached hydrogens (tertiary/aromatic N) is 4. The Balaban J connectivity index is 1.80. The predicted octanol–water partition coefficient (Wildman–Crippen LogP) is 5.54. The minimum absolute atomic E-state index is 0.0637. The molecule has 0 spiro atoms. The molecule has 1 atom stereocenters. The quantitative estimate of drug-likeness (QED) is 0.201. The SMILES string of the molecule is Cc1cc(S(=O)(=O)N(COCC[Si](C)(C)C)c2cnsc2)c(F)cc1N(C)[C@H]1CCN(C(=O)OC(C)(C)C)C1. The van der Waals surface area contributed by atoms with Gasteiger partial charge in [-0.15, -0.1) is 0 Å². The van der Waals surface area contributed by atoms with Crippen LogP contribution in [0.15, 0.2) is 28.6 Å². The Labute approximate surface area is 237 Å². The van der Waals surface area contributed by atoms with Crippen LogP contribution in [0, 0.1) is 12.7 Å². The Morgan fingerprint density at radius 1 is 1.28 bits per heavy atom. The van der Waals surface area contributed by atoms with E-state index in [1.807, 2.05) is 32.7 Å². The van der Waals surface area contributed by atoms with Gasteiger partial charge in [-0.1, -0.05) is 19.6 Å². The Bertz CT molecular complexity index is 1250. The van der Waals surface area contributed by atoms with Crippen molar-refractivity contribution in [1.82, 2.24) is 9.27 Å². The van der Waals surface area contributed by atoms with Crippen molar-refractivity contribution in [3.8, 4) is 0 Å². The molecule has 218 valence electrons. The molecule has 1 aromatic heterocycles. The third-order valence-corrected chi connectivity index (χ3v) is 10.5. The molecule has 1 aromatic carbocycles. The van der Waals surface area contributed by atoms with Crippen LogP contribution in [0.5, 0.6) is 0 Å². The number of likely N-dealkylation sites (N-methyl/N-ethyl adjacent to an activating group) is 1. The number of amides is 1. The van der Waals surface area contributed by atoms with Gasteiger partial charge < -0.3 is 19.3 Å². The van der Waals surface area contributed by atoms with Crippen LogP contribution in [-0.4, -0.2) is 77.0 Å². The molecule has 0 radical (unpaired) electrons. The van der Waals surface area contributed by atoms with Crippen LogP contribution in [0.4, 0.5) is 20.6 Å². The second-order valence-corrected chi connectivity index (χ2v) is 20.2. The summed E-state index contributed by atoms with van der Waals surface area (Å²) in [5.41, 5.74) is 0.919. The van der Waals surface area contributed by atoms with Crippen molar-refractivity contribution in [2.24, 2.45) is 0 Å². The van der Waals surface area contributed by atoms with Gasteiger partial charge in [-0.3, -0.25) is 0 Å². The Hall–Kier alpha value is -2.22. The van der Waals surface area contributed by atoms with Gasteiger partial charge in [0, 0.05) is 51.9 Å². The Morgan fingerprint density at radius 3 is 2.56 bits per heavy atom. The first-order chi connectivity index (χ1) is 18.0. The predicted molar refractivity (Wildman–Crippen MR) is 157 cm³/mol. The number of carbonyl (C=O) groups is 1. The molecule has 9 nitrogen and oxygen atoms in total.